The summed E-state index contributed by atoms with van der Waals surface area (Å²) in [6.45, 7) is 2.31. The van der Waals surface area contributed by atoms with Crippen LogP contribution in [0.5, 0.6) is 5.88 Å². The van der Waals surface area contributed by atoms with E-state index in [-0.39, 0.29) is 33.5 Å². The third-order valence-electron chi connectivity index (χ3n) is 7.19. The highest BCUT2D eigenvalue weighted by molar-refractivity contribution is 6.30. The van der Waals surface area contributed by atoms with Crippen molar-refractivity contribution in [3.05, 3.63) is 64.6 Å². The van der Waals surface area contributed by atoms with E-state index in [4.69, 9.17) is 22.1 Å². The van der Waals surface area contributed by atoms with Crippen LogP contribution < -0.4 is 15.8 Å². The summed E-state index contributed by atoms with van der Waals surface area (Å²) in [5.41, 5.74) is 7.40. The number of aliphatic carboxylic acids is 1. The SMILES string of the molecule is Cc1ccn(-c2cc(Cl)ccc2[C@@H](Oc2cc(C3=CC[C@@]4(CC3)CN[C@@H](C(=O)O)C4)nc(N)n2)C(F)(F)F)n1. The van der Waals surface area contributed by atoms with E-state index in [2.05, 4.69) is 20.4 Å². The molecule has 3 aromatic rings. The summed E-state index contributed by atoms with van der Waals surface area (Å²) in [4.78, 5) is 19.5. The summed E-state index contributed by atoms with van der Waals surface area (Å²) < 4.78 is 49.9. The van der Waals surface area contributed by atoms with Crippen molar-refractivity contribution in [1.29, 1.82) is 0 Å². The molecule has 1 spiro atoms. The molecule has 2 aliphatic rings. The van der Waals surface area contributed by atoms with Gasteiger partial charge in [0.25, 0.3) is 0 Å². The molecule has 1 aliphatic carbocycles. The second-order valence-corrected chi connectivity index (χ2v) is 10.4. The van der Waals surface area contributed by atoms with Gasteiger partial charge in [-0.3, -0.25) is 4.79 Å². The number of alkyl halides is 3. The van der Waals surface area contributed by atoms with Gasteiger partial charge in [0.1, 0.15) is 6.04 Å². The van der Waals surface area contributed by atoms with Crippen LogP contribution in [0.3, 0.4) is 0 Å². The number of nitrogens with zero attached hydrogens (tertiary/aromatic N) is 4. The number of ether oxygens (including phenoxy) is 1. The van der Waals surface area contributed by atoms with Gasteiger partial charge in [-0.15, -0.1) is 0 Å². The van der Waals surface area contributed by atoms with Gasteiger partial charge in [-0.25, -0.2) is 9.67 Å². The average Bonchev–Trinajstić information content (AvgIpc) is 3.49. The van der Waals surface area contributed by atoms with E-state index in [0.29, 0.717) is 43.6 Å². The van der Waals surface area contributed by atoms with Crippen molar-refractivity contribution < 1.29 is 27.8 Å². The molecule has 3 atom stereocenters. The van der Waals surface area contributed by atoms with Crippen LogP contribution in [0.1, 0.15) is 48.7 Å². The fourth-order valence-electron chi connectivity index (χ4n) is 5.20. The van der Waals surface area contributed by atoms with E-state index < -0.39 is 24.3 Å². The van der Waals surface area contributed by atoms with Gasteiger partial charge in [0, 0.05) is 29.4 Å². The first-order valence-corrected chi connectivity index (χ1v) is 12.7. The van der Waals surface area contributed by atoms with Crippen LogP contribution in [0.25, 0.3) is 11.3 Å². The highest BCUT2D eigenvalue weighted by atomic mass is 35.5. The second-order valence-electron chi connectivity index (χ2n) is 10.0. The summed E-state index contributed by atoms with van der Waals surface area (Å²) in [7, 11) is 0. The van der Waals surface area contributed by atoms with Crippen molar-refractivity contribution in [2.24, 2.45) is 5.41 Å². The van der Waals surface area contributed by atoms with Gasteiger partial charge in [-0.1, -0.05) is 23.7 Å². The number of carbonyl (C=O) groups is 1. The third-order valence-corrected chi connectivity index (χ3v) is 7.43. The summed E-state index contributed by atoms with van der Waals surface area (Å²) in [5.74, 6) is -1.43. The number of allylic oxidation sites excluding steroid dienone is 2. The van der Waals surface area contributed by atoms with Crippen molar-refractivity contribution in [3.8, 4) is 11.6 Å². The second kappa shape index (κ2) is 10.2. The molecule has 1 fully saturated rings. The van der Waals surface area contributed by atoms with Crippen molar-refractivity contribution >= 4 is 29.1 Å². The van der Waals surface area contributed by atoms with Gasteiger partial charge in [0.2, 0.25) is 17.9 Å². The molecule has 13 heteroatoms. The maximum Gasteiger partial charge on any atom is 0.429 e. The topological polar surface area (TPSA) is 128 Å². The van der Waals surface area contributed by atoms with Crippen molar-refractivity contribution in [3.63, 3.8) is 0 Å². The number of carboxylic acids is 1. The molecule has 0 amide bonds. The number of hydrogen-bond donors (Lipinski definition) is 3. The molecule has 0 bridgehead atoms. The third kappa shape index (κ3) is 5.71. The maximum absolute atomic E-state index is 14.4. The molecule has 206 valence electrons. The number of aryl methyl sites for hydroxylation is 1. The molecular formula is C26H26ClF3N6O3. The number of anilines is 1. The molecule has 5 rings (SSSR count). The van der Waals surface area contributed by atoms with E-state index >= 15 is 0 Å². The molecule has 1 saturated heterocycles. The lowest BCUT2D eigenvalue weighted by molar-refractivity contribution is -0.198. The van der Waals surface area contributed by atoms with Crippen molar-refractivity contribution in [2.45, 2.75) is 50.9 Å². The van der Waals surface area contributed by atoms with E-state index in [9.17, 15) is 23.1 Å². The lowest BCUT2D eigenvalue weighted by atomic mass is 9.73. The zero-order chi connectivity index (χ0) is 27.9. The molecular weight excluding hydrogens is 537 g/mol. The quantitative estimate of drug-likeness (QED) is 0.387. The van der Waals surface area contributed by atoms with Crippen LogP contribution in [0, 0.1) is 12.3 Å². The highest BCUT2D eigenvalue weighted by Crippen LogP contribution is 2.45. The number of halogens is 4. The fraction of sp³-hybridized carbons (Fsp3) is 0.385. The Labute approximate surface area is 226 Å². The number of nitrogens with two attached hydrogens (primary N) is 1. The molecule has 0 radical (unpaired) electrons. The Morgan fingerprint density at radius 2 is 2.10 bits per heavy atom. The molecule has 0 unspecified atom stereocenters. The Morgan fingerprint density at radius 3 is 2.72 bits per heavy atom. The van der Waals surface area contributed by atoms with Gasteiger partial charge >= 0.3 is 12.1 Å². The molecule has 2 aromatic heterocycles. The number of nitrogens with one attached hydrogen (secondary N) is 1. The Balaban J connectivity index is 1.44. The maximum atomic E-state index is 14.4. The predicted molar refractivity (Wildman–Crippen MR) is 137 cm³/mol. The van der Waals surface area contributed by atoms with Crippen LogP contribution >= 0.6 is 11.6 Å². The fourth-order valence-corrected chi connectivity index (χ4v) is 5.36. The van der Waals surface area contributed by atoms with Crippen LogP contribution in [0.15, 0.2) is 42.6 Å². The summed E-state index contributed by atoms with van der Waals surface area (Å²) >= 11 is 6.11. The Morgan fingerprint density at radius 1 is 1.31 bits per heavy atom. The molecule has 4 N–H and O–H groups in total. The Bertz CT molecular complexity index is 1440. The summed E-state index contributed by atoms with van der Waals surface area (Å²) in [6.07, 6.45) is -1.32. The van der Waals surface area contributed by atoms with Gasteiger partial charge in [0.05, 0.1) is 17.1 Å². The van der Waals surface area contributed by atoms with E-state index in [0.717, 1.165) is 5.57 Å². The lowest BCUT2D eigenvalue weighted by Crippen LogP contribution is -2.30. The van der Waals surface area contributed by atoms with Crippen LogP contribution in [-0.2, 0) is 4.79 Å². The molecule has 3 heterocycles. The minimum atomic E-state index is -4.81. The Kier molecular flexibility index (Phi) is 7.02. The number of nitrogen functional groups attached to an aromatic ring is 1. The predicted octanol–water partition coefficient (Wildman–Crippen LogP) is 4.89. The van der Waals surface area contributed by atoms with Crippen LogP contribution in [-0.4, -0.2) is 49.6 Å². The zero-order valence-electron chi connectivity index (χ0n) is 20.9. The standard InChI is InChI=1S/C26H26ClF3N6O3/c1-14-6-9-36(35-14)20-10-16(27)2-3-17(20)22(26(28,29)30)39-21-11-18(33-24(31)34-21)15-4-7-25(8-5-15)12-19(23(37)38)32-13-25/h2-4,6,9-11,19,22,32H,5,7-8,12-13H2,1H3,(H,37,38)(H2,31,33,34)/t19-,22-,25+/m1/s1. The highest BCUT2D eigenvalue weighted by Gasteiger charge is 2.45. The minimum Gasteiger partial charge on any atom is -0.480 e. The molecule has 1 aromatic carbocycles. The van der Waals surface area contributed by atoms with Crippen molar-refractivity contribution in [1.82, 2.24) is 25.1 Å². The smallest absolute Gasteiger partial charge is 0.429 e. The normalized spacial score (nSPS) is 22.1. The number of rotatable bonds is 6. The number of hydrogen-bond acceptors (Lipinski definition) is 7. The average molecular weight is 563 g/mol. The first kappa shape index (κ1) is 26.9. The van der Waals surface area contributed by atoms with Crippen molar-refractivity contribution in [2.75, 3.05) is 12.3 Å². The molecule has 0 saturated carbocycles. The number of aromatic nitrogens is 4. The van der Waals surface area contributed by atoms with E-state index in [1.54, 1.807) is 19.2 Å². The first-order valence-electron chi connectivity index (χ1n) is 12.3. The van der Waals surface area contributed by atoms with Crippen LogP contribution in [0.2, 0.25) is 5.02 Å². The number of carboxylic acid groups (broad SMARTS) is 1. The van der Waals surface area contributed by atoms with E-state index in [1.165, 1.54) is 28.9 Å². The molecule has 1 aliphatic heterocycles. The molecule has 39 heavy (non-hydrogen) atoms. The minimum absolute atomic E-state index is 0.116. The summed E-state index contributed by atoms with van der Waals surface area (Å²) in [6, 6.07) is 6.42. The molecule has 9 nitrogen and oxygen atoms in total. The lowest BCUT2D eigenvalue weighted by Gasteiger charge is -2.31. The van der Waals surface area contributed by atoms with E-state index in [1.807, 2.05) is 6.08 Å². The largest absolute Gasteiger partial charge is 0.480 e. The van der Waals surface area contributed by atoms with Gasteiger partial charge < -0.3 is 20.9 Å². The van der Waals surface area contributed by atoms with Gasteiger partial charge in [-0.05, 0) is 61.8 Å². The number of benzene rings is 1. The van der Waals surface area contributed by atoms with Gasteiger partial charge in [-0.2, -0.15) is 23.3 Å². The summed E-state index contributed by atoms with van der Waals surface area (Å²) in [5, 5.41) is 16.8. The monoisotopic (exact) mass is 562 g/mol. The Hall–Kier alpha value is -3.64. The zero-order valence-corrected chi connectivity index (χ0v) is 21.6. The first-order chi connectivity index (χ1) is 18.4. The van der Waals surface area contributed by atoms with Gasteiger partial charge in [0.15, 0.2) is 0 Å². The van der Waals surface area contributed by atoms with Crippen LogP contribution in [0.4, 0.5) is 19.1 Å².